The SMILES string of the molecule is CCOc1cc(C(=O)N2CCCC(c3nnc4ccccn34)C2)ccc1OC. The van der Waals surface area contributed by atoms with E-state index in [4.69, 9.17) is 9.47 Å². The van der Waals surface area contributed by atoms with Crippen LogP contribution in [0.4, 0.5) is 0 Å². The molecular formula is C21H24N4O3. The van der Waals surface area contributed by atoms with Crippen molar-refractivity contribution in [1.29, 1.82) is 0 Å². The first-order chi connectivity index (χ1) is 13.7. The number of carbonyl (C=O) groups is 1. The molecule has 28 heavy (non-hydrogen) atoms. The zero-order valence-corrected chi connectivity index (χ0v) is 16.2. The molecule has 7 heteroatoms. The van der Waals surface area contributed by atoms with E-state index >= 15 is 0 Å². The van der Waals surface area contributed by atoms with Gasteiger partial charge < -0.3 is 14.4 Å². The Labute approximate surface area is 163 Å². The second-order valence-corrected chi connectivity index (χ2v) is 6.88. The van der Waals surface area contributed by atoms with Gasteiger partial charge in [-0.05, 0) is 50.1 Å². The van der Waals surface area contributed by atoms with Crippen LogP contribution < -0.4 is 9.47 Å². The Kier molecular flexibility index (Phi) is 5.14. The van der Waals surface area contributed by atoms with E-state index in [0.29, 0.717) is 30.2 Å². The van der Waals surface area contributed by atoms with Crippen molar-refractivity contribution in [3.05, 3.63) is 54.0 Å². The average molecular weight is 380 g/mol. The van der Waals surface area contributed by atoms with Gasteiger partial charge in [-0.15, -0.1) is 10.2 Å². The van der Waals surface area contributed by atoms with E-state index < -0.39 is 0 Å². The van der Waals surface area contributed by atoms with Crippen LogP contribution in [0.15, 0.2) is 42.6 Å². The number of nitrogens with zero attached hydrogens (tertiary/aromatic N) is 4. The van der Waals surface area contributed by atoms with E-state index in [9.17, 15) is 4.79 Å². The van der Waals surface area contributed by atoms with Crippen molar-refractivity contribution in [3.63, 3.8) is 0 Å². The van der Waals surface area contributed by atoms with Crippen molar-refractivity contribution in [2.24, 2.45) is 0 Å². The summed E-state index contributed by atoms with van der Waals surface area (Å²) in [6.07, 6.45) is 3.90. The number of hydrogen-bond acceptors (Lipinski definition) is 5. The Balaban J connectivity index is 1.56. The number of rotatable bonds is 5. The van der Waals surface area contributed by atoms with Crippen molar-refractivity contribution < 1.29 is 14.3 Å². The van der Waals surface area contributed by atoms with E-state index in [1.807, 2.05) is 40.6 Å². The van der Waals surface area contributed by atoms with E-state index in [2.05, 4.69) is 10.2 Å². The molecule has 0 N–H and O–H groups in total. The number of piperidine rings is 1. The predicted octanol–water partition coefficient (Wildman–Crippen LogP) is 3.16. The third-order valence-electron chi connectivity index (χ3n) is 5.12. The molecule has 4 rings (SSSR count). The standard InChI is InChI=1S/C21H24N4O3/c1-3-28-18-13-15(9-10-17(18)27-2)21(26)24-11-6-7-16(14-24)20-23-22-19-8-4-5-12-25(19)20/h4-5,8-10,12-13,16H,3,6-7,11,14H2,1-2H3. The van der Waals surface area contributed by atoms with Crippen molar-refractivity contribution in [2.75, 3.05) is 26.8 Å². The molecule has 0 aliphatic carbocycles. The van der Waals surface area contributed by atoms with Gasteiger partial charge in [-0.3, -0.25) is 9.20 Å². The number of fused-ring (bicyclic) bond motifs is 1. The molecule has 0 bridgehead atoms. The maximum absolute atomic E-state index is 13.1. The van der Waals surface area contributed by atoms with Gasteiger partial charge in [0.05, 0.1) is 13.7 Å². The quantitative estimate of drug-likeness (QED) is 0.680. The first-order valence-electron chi connectivity index (χ1n) is 9.61. The van der Waals surface area contributed by atoms with Crippen LogP contribution in [0.5, 0.6) is 11.5 Å². The van der Waals surface area contributed by atoms with Crippen molar-refractivity contribution in [2.45, 2.75) is 25.7 Å². The Bertz CT molecular complexity index is 985. The number of ether oxygens (including phenoxy) is 2. The van der Waals surface area contributed by atoms with E-state index in [1.165, 1.54) is 0 Å². The molecule has 1 fully saturated rings. The molecule has 0 saturated carbocycles. The van der Waals surface area contributed by atoms with Crippen LogP contribution in [0.3, 0.4) is 0 Å². The lowest BCUT2D eigenvalue weighted by atomic mass is 9.96. The Hall–Kier alpha value is -3.09. The molecule has 1 amide bonds. The molecule has 1 atom stereocenters. The Morgan fingerprint density at radius 1 is 1.21 bits per heavy atom. The topological polar surface area (TPSA) is 69.0 Å². The molecule has 3 aromatic rings. The molecule has 2 aromatic heterocycles. The van der Waals surface area contributed by atoms with Crippen molar-refractivity contribution in [3.8, 4) is 11.5 Å². The van der Waals surface area contributed by atoms with Gasteiger partial charge in [-0.1, -0.05) is 6.07 Å². The van der Waals surface area contributed by atoms with Gasteiger partial charge in [0.1, 0.15) is 5.82 Å². The van der Waals surface area contributed by atoms with Gasteiger partial charge >= 0.3 is 0 Å². The number of hydrogen-bond donors (Lipinski definition) is 0. The van der Waals surface area contributed by atoms with Gasteiger partial charge in [-0.2, -0.15) is 0 Å². The van der Waals surface area contributed by atoms with Crippen LogP contribution >= 0.6 is 0 Å². The zero-order valence-electron chi connectivity index (χ0n) is 16.2. The molecule has 0 radical (unpaired) electrons. The summed E-state index contributed by atoms with van der Waals surface area (Å²) in [6, 6.07) is 11.2. The first kappa shape index (κ1) is 18.3. The van der Waals surface area contributed by atoms with E-state index in [-0.39, 0.29) is 11.8 Å². The second kappa shape index (κ2) is 7.88. The Morgan fingerprint density at radius 3 is 2.93 bits per heavy atom. The minimum absolute atomic E-state index is 0.00197. The van der Waals surface area contributed by atoms with Gasteiger partial charge in [0, 0.05) is 30.8 Å². The minimum atomic E-state index is 0.00197. The maximum atomic E-state index is 13.1. The fraction of sp³-hybridized carbons (Fsp3) is 0.381. The third-order valence-corrected chi connectivity index (χ3v) is 5.12. The number of benzene rings is 1. The van der Waals surface area contributed by atoms with Crippen LogP contribution in [0.1, 0.15) is 41.9 Å². The van der Waals surface area contributed by atoms with Crippen LogP contribution in [-0.4, -0.2) is 52.2 Å². The first-order valence-corrected chi connectivity index (χ1v) is 9.61. The summed E-state index contributed by atoms with van der Waals surface area (Å²) in [5.74, 6) is 2.30. The highest BCUT2D eigenvalue weighted by molar-refractivity contribution is 5.95. The van der Waals surface area contributed by atoms with Crippen LogP contribution in [0.25, 0.3) is 5.65 Å². The van der Waals surface area contributed by atoms with Crippen molar-refractivity contribution >= 4 is 11.6 Å². The molecule has 1 saturated heterocycles. The second-order valence-electron chi connectivity index (χ2n) is 6.88. The lowest BCUT2D eigenvalue weighted by Crippen LogP contribution is -2.39. The summed E-state index contributed by atoms with van der Waals surface area (Å²) in [4.78, 5) is 15.0. The lowest BCUT2D eigenvalue weighted by molar-refractivity contribution is 0.0703. The molecule has 7 nitrogen and oxygen atoms in total. The fourth-order valence-corrected chi connectivity index (χ4v) is 3.77. The zero-order chi connectivity index (χ0) is 19.5. The summed E-state index contributed by atoms with van der Waals surface area (Å²) in [5, 5.41) is 8.64. The number of amides is 1. The van der Waals surface area contributed by atoms with Gasteiger partial charge in [-0.25, -0.2) is 0 Å². The molecule has 146 valence electrons. The maximum Gasteiger partial charge on any atom is 0.254 e. The van der Waals surface area contributed by atoms with E-state index in [0.717, 1.165) is 30.9 Å². The largest absolute Gasteiger partial charge is 0.493 e. The smallest absolute Gasteiger partial charge is 0.254 e. The normalized spacial score (nSPS) is 16.9. The monoisotopic (exact) mass is 380 g/mol. The highest BCUT2D eigenvalue weighted by atomic mass is 16.5. The van der Waals surface area contributed by atoms with Crippen LogP contribution in [0.2, 0.25) is 0 Å². The Morgan fingerprint density at radius 2 is 2.11 bits per heavy atom. The molecular weight excluding hydrogens is 356 g/mol. The molecule has 1 aromatic carbocycles. The molecule has 0 spiro atoms. The molecule has 1 unspecified atom stereocenters. The lowest BCUT2D eigenvalue weighted by Gasteiger charge is -2.32. The summed E-state index contributed by atoms with van der Waals surface area (Å²) in [5.41, 5.74) is 1.44. The van der Waals surface area contributed by atoms with Gasteiger partial charge in [0.2, 0.25) is 0 Å². The van der Waals surface area contributed by atoms with Crippen molar-refractivity contribution in [1.82, 2.24) is 19.5 Å². The highest BCUT2D eigenvalue weighted by Gasteiger charge is 2.28. The molecule has 1 aliphatic heterocycles. The summed E-state index contributed by atoms with van der Waals surface area (Å²) in [6.45, 7) is 3.79. The number of methoxy groups -OCH3 is 1. The number of aromatic nitrogens is 3. The van der Waals surface area contributed by atoms with Crippen LogP contribution in [-0.2, 0) is 0 Å². The van der Waals surface area contributed by atoms with E-state index in [1.54, 1.807) is 25.3 Å². The fourth-order valence-electron chi connectivity index (χ4n) is 3.77. The molecule has 3 heterocycles. The predicted molar refractivity (Wildman–Crippen MR) is 105 cm³/mol. The van der Waals surface area contributed by atoms with Gasteiger partial charge in [0.15, 0.2) is 17.1 Å². The average Bonchev–Trinajstić information content (AvgIpc) is 3.18. The molecule has 1 aliphatic rings. The summed E-state index contributed by atoms with van der Waals surface area (Å²) < 4.78 is 12.9. The summed E-state index contributed by atoms with van der Waals surface area (Å²) in [7, 11) is 1.59. The summed E-state index contributed by atoms with van der Waals surface area (Å²) >= 11 is 0. The number of likely N-dealkylation sites (tertiary alicyclic amines) is 1. The van der Waals surface area contributed by atoms with Gasteiger partial charge in [0.25, 0.3) is 5.91 Å². The third kappa shape index (κ3) is 3.40. The number of carbonyl (C=O) groups excluding carboxylic acids is 1. The number of pyridine rings is 1. The van der Waals surface area contributed by atoms with Crippen LogP contribution in [0, 0.1) is 0 Å². The minimum Gasteiger partial charge on any atom is -0.493 e. The highest BCUT2D eigenvalue weighted by Crippen LogP contribution is 2.31.